The molecule has 0 bridgehead atoms. The highest BCUT2D eigenvalue weighted by Gasteiger charge is 2.28. The molecule has 0 spiro atoms. The molecule has 2 rings (SSSR count). The van der Waals surface area contributed by atoms with E-state index >= 15 is 0 Å². The number of nitrogens with one attached hydrogen (secondary N) is 1. The van der Waals surface area contributed by atoms with Gasteiger partial charge in [-0.25, -0.2) is 8.42 Å². The SMILES string of the molecule is COc1ccccc1CCNC(=O)CCS(=O)(=O)C1CCCC1. The smallest absolute Gasteiger partial charge is 0.221 e. The first-order valence-electron chi connectivity index (χ1n) is 8.13. The fourth-order valence-electron chi connectivity index (χ4n) is 2.98. The minimum atomic E-state index is -3.12. The Balaban J connectivity index is 1.73. The zero-order chi connectivity index (χ0) is 16.7. The molecule has 1 aliphatic carbocycles. The molecule has 23 heavy (non-hydrogen) atoms. The molecule has 128 valence electrons. The molecule has 0 aromatic heterocycles. The molecule has 1 fully saturated rings. The Morgan fingerprint density at radius 1 is 1.26 bits per heavy atom. The van der Waals surface area contributed by atoms with Gasteiger partial charge in [-0.2, -0.15) is 0 Å². The summed E-state index contributed by atoms with van der Waals surface area (Å²) in [5.41, 5.74) is 1.02. The minimum Gasteiger partial charge on any atom is -0.496 e. The van der Waals surface area contributed by atoms with Crippen LogP contribution in [0.25, 0.3) is 0 Å². The average Bonchev–Trinajstić information content (AvgIpc) is 3.09. The largest absolute Gasteiger partial charge is 0.496 e. The molecule has 6 heteroatoms. The minimum absolute atomic E-state index is 0.0435. The first kappa shape index (κ1) is 17.8. The summed E-state index contributed by atoms with van der Waals surface area (Å²) in [6, 6.07) is 7.66. The van der Waals surface area contributed by atoms with Gasteiger partial charge < -0.3 is 10.1 Å². The van der Waals surface area contributed by atoms with E-state index in [-0.39, 0.29) is 23.3 Å². The number of sulfone groups is 1. The zero-order valence-corrected chi connectivity index (χ0v) is 14.4. The van der Waals surface area contributed by atoms with Gasteiger partial charge in [0.2, 0.25) is 5.91 Å². The average molecular weight is 339 g/mol. The molecular weight excluding hydrogens is 314 g/mol. The number of carbonyl (C=O) groups is 1. The summed E-state index contributed by atoms with van der Waals surface area (Å²) in [5, 5.41) is 2.55. The van der Waals surface area contributed by atoms with Crippen LogP contribution in [0.1, 0.15) is 37.7 Å². The van der Waals surface area contributed by atoms with E-state index in [4.69, 9.17) is 4.74 Å². The number of para-hydroxylation sites is 1. The van der Waals surface area contributed by atoms with Gasteiger partial charge >= 0.3 is 0 Å². The second kappa shape index (κ2) is 8.34. The summed E-state index contributed by atoms with van der Waals surface area (Å²) >= 11 is 0. The van der Waals surface area contributed by atoms with Gasteiger partial charge in [-0.1, -0.05) is 31.0 Å². The Labute approximate surface area is 138 Å². The van der Waals surface area contributed by atoms with E-state index in [0.717, 1.165) is 37.0 Å². The number of ether oxygens (including phenoxy) is 1. The molecule has 1 aliphatic rings. The second-order valence-electron chi connectivity index (χ2n) is 5.94. The van der Waals surface area contributed by atoms with Crippen LogP contribution in [-0.4, -0.2) is 39.0 Å². The van der Waals surface area contributed by atoms with Gasteiger partial charge in [0.05, 0.1) is 18.1 Å². The molecule has 1 aromatic rings. The highest BCUT2D eigenvalue weighted by atomic mass is 32.2. The van der Waals surface area contributed by atoms with Crippen LogP contribution in [0.3, 0.4) is 0 Å². The first-order valence-corrected chi connectivity index (χ1v) is 9.84. The summed E-state index contributed by atoms with van der Waals surface area (Å²) in [7, 11) is -1.51. The number of carbonyl (C=O) groups excluding carboxylic acids is 1. The van der Waals surface area contributed by atoms with E-state index in [2.05, 4.69) is 5.32 Å². The number of amides is 1. The Bertz CT molecular complexity index is 621. The van der Waals surface area contributed by atoms with Crippen LogP contribution in [0.4, 0.5) is 0 Å². The summed E-state index contributed by atoms with van der Waals surface area (Å²) < 4.78 is 29.5. The molecule has 5 nitrogen and oxygen atoms in total. The highest BCUT2D eigenvalue weighted by Crippen LogP contribution is 2.25. The third kappa shape index (κ3) is 5.23. The van der Waals surface area contributed by atoms with Crippen molar-refractivity contribution in [2.75, 3.05) is 19.4 Å². The molecule has 0 heterocycles. The lowest BCUT2D eigenvalue weighted by Crippen LogP contribution is -2.29. The number of benzene rings is 1. The summed E-state index contributed by atoms with van der Waals surface area (Å²) in [6.45, 7) is 0.475. The van der Waals surface area contributed by atoms with Gasteiger partial charge in [-0.15, -0.1) is 0 Å². The van der Waals surface area contributed by atoms with E-state index in [0.29, 0.717) is 13.0 Å². The molecule has 0 atom stereocenters. The zero-order valence-electron chi connectivity index (χ0n) is 13.6. The quantitative estimate of drug-likeness (QED) is 0.787. The molecule has 0 radical (unpaired) electrons. The van der Waals surface area contributed by atoms with Crippen LogP contribution in [-0.2, 0) is 21.1 Å². The van der Waals surface area contributed by atoms with E-state index in [1.54, 1.807) is 7.11 Å². The molecule has 1 amide bonds. The maximum atomic E-state index is 12.1. The van der Waals surface area contributed by atoms with Gasteiger partial charge in [0, 0.05) is 13.0 Å². The predicted octanol–water partition coefficient (Wildman–Crippen LogP) is 2.10. The van der Waals surface area contributed by atoms with E-state index < -0.39 is 9.84 Å². The van der Waals surface area contributed by atoms with E-state index in [9.17, 15) is 13.2 Å². The van der Waals surface area contributed by atoms with Crippen molar-refractivity contribution in [1.82, 2.24) is 5.32 Å². The number of rotatable bonds is 8. The van der Waals surface area contributed by atoms with Crippen molar-refractivity contribution < 1.29 is 17.9 Å². The first-order chi connectivity index (χ1) is 11.0. The second-order valence-corrected chi connectivity index (χ2v) is 8.34. The lowest BCUT2D eigenvalue weighted by atomic mass is 10.1. The van der Waals surface area contributed by atoms with Crippen molar-refractivity contribution >= 4 is 15.7 Å². The molecule has 0 aliphatic heterocycles. The van der Waals surface area contributed by atoms with Crippen molar-refractivity contribution in [1.29, 1.82) is 0 Å². The lowest BCUT2D eigenvalue weighted by molar-refractivity contribution is -0.120. The van der Waals surface area contributed by atoms with Crippen LogP contribution in [0, 0.1) is 0 Å². The molecule has 1 N–H and O–H groups in total. The van der Waals surface area contributed by atoms with Gasteiger partial charge in [-0.05, 0) is 30.9 Å². The third-order valence-electron chi connectivity index (χ3n) is 4.33. The lowest BCUT2D eigenvalue weighted by Gasteiger charge is -2.11. The topological polar surface area (TPSA) is 72.5 Å². The van der Waals surface area contributed by atoms with E-state index in [1.807, 2.05) is 24.3 Å². The fraction of sp³-hybridized carbons (Fsp3) is 0.588. The van der Waals surface area contributed by atoms with Crippen molar-refractivity contribution in [2.24, 2.45) is 0 Å². The maximum Gasteiger partial charge on any atom is 0.221 e. The fourth-order valence-corrected chi connectivity index (χ4v) is 4.84. The predicted molar refractivity (Wildman–Crippen MR) is 90.4 cm³/mol. The van der Waals surface area contributed by atoms with Crippen molar-refractivity contribution in [3.05, 3.63) is 29.8 Å². The molecule has 0 unspecified atom stereocenters. The molecular formula is C17H25NO4S. The third-order valence-corrected chi connectivity index (χ3v) is 6.59. The molecule has 1 aromatic carbocycles. The number of hydrogen-bond acceptors (Lipinski definition) is 4. The Morgan fingerprint density at radius 3 is 2.65 bits per heavy atom. The standard InChI is InChI=1S/C17H25NO4S/c1-22-16-9-5-2-6-14(16)10-12-18-17(19)11-13-23(20,21)15-7-3-4-8-15/h2,5-6,9,15H,3-4,7-8,10-13H2,1H3,(H,18,19). The van der Waals surface area contributed by atoms with Gasteiger partial charge in [0.1, 0.15) is 5.75 Å². The molecule has 1 saturated carbocycles. The van der Waals surface area contributed by atoms with Crippen LogP contribution in [0.2, 0.25) is 0 Å². The van der Waals surface area contributed by atoms with Gasteiger partial charge in [0.15, 0.2) is 9.84 Å². The number of hydrogen-bond donors (Lipinski definition) is 1. The van der Waals surface area contributed by atoms with Crippen LogP contribution < -0.4 is 10.1 Å². The summed E-state index contributed by atoms with van der Waals surface area (Å²) in [4.78, 5) is 11.8. The normalized spacial score (nSPS) is 15.5. The summed E-state index contributed by atoms with van der Waals surface area (Å²) in [5.74, 6) is 0.546. The van der Waals surface area contributed by atoms with Crippen molar-refractivity contribution in [3.63, 3.8) is 0 Å². The highest BCUT2D eigenvalue weighted by molar-refractivity contribution is 7.92. The Kier molecular flexibility index (Phi) is 6.45. The van der Waals surface area contributed by atoms with Crippen molar-refractivity contribution in [3.8, 4) is 5.75 Å². The van der Waals surface area contributed by atoms with Gasteiger partial charge in [0.25, 0.3) is 0 Å². The Hall–Kier alpha value is -1.56. The van der Waals surface area contributed by atoms with Gasteiger partial charge in [-0.3, -0.25) is 4.79 Å². The van der Waals surface area contributed by atoms with Crippen LogP contribution in [0.15, 0.2) is 24.3 Å². The van der Waals surface area contributed by atoms with Crippen molar-refractivity contribution in [2.45, 2.75) is 43.8 Å². The maximum absolute atomic E-state index is 12.1. The van der Waals surface area contributed by atoms with E-state index in [1.165, 1.54) is 0 Å². The van der Waals surface area contributed by atoms with Crippen LogP contribution >= 0.6 is 0 Å². The molecule has 0 saturated heterocycles. The monoisotopic (exact) mass is 339 g/mol. The number of methoxy groups -OCH3 is 1. The van der Waals surface area contributed by atoms with Crippen LogP contribution in [0.5, 0.6) is 5.75 Å². The summed E-state index contributed by atoms with van der Waals surface area (Å²) in [6.07, 6.45) is 4.16. The Morgan fingerprint density at radius 2 is 1.96 bits per heavy atom.